The van der Waals surface area contributed by atoms with Crippen LogP contribution in [0.1, 0.15) is 44.9 Å². The number of carbonyl (C=O) groups is 2. The molecule has 0 aliphatic heterocycles. The van der Waals surface area contributed by atoms with E-state index in [0.717, 1.165) is 5.56 Å². The number of carbonyl (C=O) groups excluding carboxylic acids is 2. The first-order valence-corrected chi connectivity index (χ1v) is 9.46. The Labute approximate surface area is 172 Å². The van der Waals surface area contributed by atoms with Gasteiger partial charge in [0.2, 0.25) is 5.78 Å². The molecule has 3 aromatic rings. The van der Waals surface area contributed by atoms with Crippen molar-refractivity contribution in [1.29, 1.82) is 0 Å². The fraction of sp³-hybridized carbons (Fsp3) is 0.190. The van der Waals surface area contributed by atoms with Crippen molar-refractivity contribution in [2.45, 2.75) is 26.7 Å². The molecular weight excluding hydrogens is 399 g/mol. The minimum Gasteiger partial charge on any atom is -0.356 e. The molecule has 0 aliphatic rings. The van der Waals surface area contributed by atoms with E-state index in [1.54, 1.807) is 10.6 Å². The lowest BCUT2D eigenvalue weighted by molar-refractivity contribution is 0.0602. The Kier molecular flexibility index (Phi) is 6.62. The van der Waals surface area contributed by atoms with Crippen molar-refractivity contribution >= 4 is 35.3 Å². The molecule has 28 heavy (non-hydrogen) atoms. The summed E-state index contributed by atoms with van der Waals surface area (Å²) in [6.07, 6.45) is 1.16. The molecule has 1 aromatic heterocycles. The summed E-state index contributed by atoms with van der Waals surface area (Å²) in [4.78, 5) is 29.1. The third-order valence-electron chi connectivity index (χ3n) is 4.24. The standard InChI is InChI=1S/C21H18Cl2N2O3/c1-2-19-24-20(21(27)16-9-8-15(22)10-17(16)23)18(11-26)25(19)13-28-12-14-6-4-3-5-7-14/h3-11H,2,12-13H2,1H3. The Hall–Kier alpha value is -2.47. The summed E-state index contributed by atoms with van der Waals surface area (Å²) in [6.45, 7) is 2.39. The normalized spacial score (nSPS) is 10.8. The molecular formula is C21H18Cl2N2O3. The quantitative estimate of drug-likeness (QED) is 0.384. The Morgan fingerprint density at radius 1 is 1.18 bits per heavy atom. The zero-order valence-corrected chi connectivity index (χ0v) is 16.7. The van der Waals surface area contributed by atoms with Crippen LogP contribution in [0.3, 0.4) is 0 Å². The van der Waals surface area contributed by atoms with Crippen LogP contribution in [-0.4, -0.2) is 21.6 Å². The van der Waals surface area contributed by atoms with Crippen molar-refractivity contribution in [3.05, 3.63) is 86.9 Å². The van der Waals surface area contributed by atoms with Crippen LogP contribution in [0.4, 0.5) is 0 Å². The van der Waals surface area contributed by atoms with Crippen molar-refractivity contribution in [3.63, 3.8) is 0 Å². The molecule has 0 fully saturated rings. The zero-order valence-electron chi connectivity index (χ0n) is 15.2. The SMILES string of the molecule is CCc1nc(C(=O)c2ccc(Cl)cc2Cl)c(C=O)n1COCc1ccccc1. The van der Waals surface area contributed by atoms with Gasteiger partial charge in [-0.05, 0) is 23.8 Å². The molecule has 1 heterocycles. The fourth-order valence-corrected chi connectivity index (χ4v) is 3.34. The molecule has 0 radical (unpaired) electrons. The van der Waals surface area contributed by atoms with E-state index in [2.05, 4.69) is 4.98 Å². The topological polar surface area (TPSA) is 61.2 Å². The van der Waals surface area contributed by atoms with Gasteiger partial charge in [-0.25, -0.2) is 4.98 Å². The van der Waals surface area contributed by atoms with E-state index in [1.165, 1.54) is 12.1 Å². The summed E-state index contributed by atoms with van der Waals surface area (Å²) >= 11 is 12.0. The van der Waals surface area contributed by atoms with E-state index in [9.17, 15) is 9.59 Å². The Morgan fingerprint density at radius 2 is 1.93 bits per heavy atom. The van der Waals surface area contributed by atoms with E-state index >= 15 is 0 Å². The molecule has 0 spiro atoms. The molecule has 0 saturated carbocycles. The van der Waals surface area contributed by atoms with E-state index in [-0.39, 0.29) is 28.7 Å². The maximum Gasteiger partial charge on any atom is 0.215 e. The maximum absolute atomic E-state index is 12.9. The third kappa shape index (κ3) is 4.33. The monoisotopic (exact) mass is 416 g/mol. The van der Waals surface area contributed by atoms with Crippen LogP contribution in [0.2, 0.25) is 10.0 Å². The number of halogens is 2. The summed E-state index contributed by atoms with van der Waals surface area (Å²) < 4.78 is 7.36. The number of aryl methyl sites for hydroxylation is 1. The average Bonchev–Trinajstić information content (AvgIpc) is 3.06. The molecule has 0 atom stereocenters. The number of hydrogen-bond donors (Lipinski definition) is 0. The molecule has 7 heteroatoms. The van der Waals surface area contributed by atoms with Gasteiger partial charge < -0.3 is 9.30 Å². The average molecular weight is 417 g/mol. The lowest BCUT2D eigenvalue weighted by atomic mass is 10.1. The number of ether oxygens (including phenoxy) is 1. The fourth-order valence-electron chi connectivity index (χ4n) is 2.84. The molecule has 0 bridgehead atoms. The second kappa shape index (κ2) is 9.15. The van der Waals surface area contributed by atoms with Gasteiger partial charge in [0.15, 0.2) is 6.29 Å². The lowest BCUT2D eigenvalue weighted by Crippen LogP contribution is -2.11. The number of nitrogens with zero attached hydrogens (tertiary/aromatic N) is 2. The van der Waals surface area contributed by atoms with Gasteiger partial charge in [0.25, 0.3) is 0 Å². The second-order valence-corrected chi connectivity index (χ2v) is 6.92. The molecule has 0 N–H and O–H groups in total. The molecule has 0 aliphatic carbocycles. The van der Waals surface area contributed by atoms with Crippen LogP contribution >= 0.6 is 23.2 Å². The minimum absolute atomic E-state index is 0.0550. The predicted molar refractivity (Wildman–Crippen MR) is 108 cm³/mol. The Bertz CT molecular complexity index is 1000. The number of benzene rings is 2. The van der Waals surface area contributed by atoms with Crippen molar-refractivity contribution in [3.8, 4) is 0 Å². The molecule has 5 nitrogen and oxygen atoms in total. The summed E-state index contributed by atoms with van der Waals surface area (Å²) in [5, 5.41) is 0.633. The number of imidazole rings is 1. The number of rotatable bonds is 8. The van der Waals surface area contributed by atoms with Gasteiger partial charge in [-0.3, -0.25) is 9.59 Å². The first-order valence-electron chi connectivity index (χ1n) is 8.71. The molecule has 144 valence electrons. The summed E-state index contributed by atoms with van der Waals surface area (Å²) in [6, 6.07) is 14.3. The third-order valence-corrected chi connectivity index (χ3v) is 4.78. The predicted octanol–water partition coefficient (Wildman–Crippen LogP) is 4.97. The van der Waals surface area contributed by atoms with E-state index in [0.29, 0.717) is 30.2 Å². The smallest absolute Gasteiger partial charge is 0.215 e. The lowest BCUT2D eigenvalue weighted by Gasteiger charge is -2.10. The summed E-state index contributed by atoms with van der Waals surface area (Å²) in [5.41, 5.74) is 1.48. The van der Waals surface area contributed by atoms with Gasteiger partial charge in [0, 0.05) is 17.0 Å². The van der Waals surface area contributed by atoms with Crippen molar-refractivity contribution in [1.82, 2.24) is 9.55 Å². The van der Waals surface area contributed by atoms with Crippen LogP contribution in [0, 0.1) is 0 Å². The van der Waals surface area contributed by atoms with Crippen LogP contribution in [0.5, 0.6) is 0 Å². The first kappa shape index (κ1) is 20.3. The Balaban J connectivity index is 1.88. The molecule has 0 amide bonds. The number of hydrogen-bond acceptors (Lipinski definition) is 4. The van der Waals surface area contributed by atoms with Crippen molar-refractivity contribution in [2.24, 2.45) is 0 Å². The van der Waals surface area contributed by atoms with Crippen LogP contribution in [-0.2, 0) is 24.5 Å². The van der Waals surface area contributed by atoms with Gasteiger partial charge in [-0.15, -0.1) is 0 Å². The van der Waals surface area contributed by atoms with E-state index in [1.807, 2.05) is 37.3 Å². The first-order chi connectivity index (χ1) is 13.5. The highest BCUT2D eigenvalue weighted by Crippen LogP contribution is 2.25. The largest absolute Gasteiger partial charge is 0.356 e. The van der Waals surface area contributed by atoms with Crippen molar-refractivity contribution in [2.75, 3.05) is 0 Å². The molecule has 0 unspecified atom stereocenters. The highest BCUT2D eigenvalue weighted by Gasteiger charge is 2.24. The Morgan fingerprint density at radius 3 is 2.57 bits per heavy atom. The van der Waals surface area contributed by atoms with Gasteiger partial charge in [0.1, 0.15) is 23.9 Å². The summed E-state index contributed by atoms with van der Waals surface area (Å²) in [7, 11) is 0. The number of aromatic nitrogens is 2. The molecule has 2 aromatic carbocycles. The van der Waals surface area contributed by atoms with Gasteiger partial charge in [0.05, 0.1) is 11.6 Å². The second-order valence-electron chi connectivity index (χ2n) is 6.08. The highest BCUT2D eigenvalue weighted by molar-refractivity contribution is 6.37. The maximum atomic E-state index is 12.9. The molecule has 3 rings (SSSR count). The van der Waals surface area contributed by atoms with Gasteiger partial charge in [-0.2, -0.15) is 0 Å². The molecule has 0 saturated heterocycles. The van der Waals surface area contributed by atoms with Crippen LogP contribution in [0.25, 0.3) is 0 Å². The summed E-state index contributed by atoms with van der Waals surface area (Å²) in [5.74, 6) is 0.156. The van der Waals surface area contributed by atoms with Crippen LogP contribution in [0.15, 0.2) is 48.5 Å². The minimum atomic E-state index is -0.430. The highest BCUT2D eigenvalue weighted by atomic mass is 35.5. The number of aldehydes is 1. The van der Waals surface area contributed by atoms with Crippen LogP contribution < -0.4 is 0 Å². The van der Waals surface area contributed by atoms with Gasteiger partial charge in [-0.1, -0.05) is 60.5 Å². The van der Waals surface area contributed by atoms with E-state index in [4.69, 9.17) is 27.9 Å². The zero-order chi connectivity index (χ0) is 20.1. The van der Waals surface area contributed by atoms with E-state index < -0.39 is 5.78 Å². The van der Waals surface area contributed by atoms with Crippen molar-refractivity contribution < 1.29 is 14.3 Å². The van der Waals surface area contributed by atoms with Gasteiger partial charge >= 0.3 is 0 Å². The number of ketones is 1.